The van der Waals surface area contributed by atoms with E-state index >= 15 is 0 Å². The molecule has 6 nitrogen and oxygen atoms in total. The van der Waals surface area contributed by atoms with Gasteiger partial charge in [-0.1, -0.05) is 6.92 Å². The summed E-state index contributed by atoms with van der Waals surface area (Å²) >= 11 is 1.72. The fourth-order valence-corrected chi connectivity index (χ4v) is 3.59. The number of piperidine rings is 1. The van der Waals surface area contributed by atoms with E-state index in [1.165, 1.54) is 5.01 Å². The quantitative estimate of drug-likeness (QED) is 0.246. The first-order chi connectivity index (χ1) is 12.3. The molecule has 150 valence electrons. The first kappa shape index (κ1) is 23.6. The molecule has 0 amide bonds. The zero-order valence-corrected chi connectivity index (χ0v) is 19.3. The van der Waals surface area contributed by atoms with E-state index in [2.05, 4.69) is 34.4 Å². The van der Waals surface area contributed by atoms with Gasteiger partial charge in [0.2, 0.25) is 0 Å². The number of guanidine groups is 1. The summed E-state index contributed by atoms with van der Waals surface area (Å²) in [7, 11) is 1.73. The van der Waals surface area contributed by atoms with Crippen LogP contribution in [0, 0.1) is 0 Å². The van der Waals surface area contributed by atoms with Gasteiger partial charge in [0.05, 0.1) is 23.4 Å². The van der Waals surface area contributed by atoms with Gasteiger partial charge in [-0.3, -0.25) is 0 Å². The van der Waals surface area contributed by atoms with Crippen molar-refractivity contribution in [1.82, 2.24) is 15.2 Å². The molecule has 1 aliphatic rings. The number of ether oxygens (including phenoxy) is 2. The topological polar surface area (TPSA) is 59.0 Å². The van der Waals surface area contributed by atoms with Crippen LogP contribution in [-0.2, 0) is 22.4 Å². The number of aliphatic imine (C=N–C) groups is 1. The third-order valence-corrected chi connectivity index (χ3v) is 5.26. The maximum atomic E-state index is 5.94. The molecule has 2 heterocycles. The largest absolute Gasteiger partial charge is 0.385 e. The van der Waals surface area contributed by atoms with E-state index in [-0.39, 0.29) is 24.0 Å². The Labute approximate surface area is 178 Å². The molecule has 0 radical (unpaired) electrons. The molecule has 0 bridgehead atoms. The molecule has 0 aliphatic carbocycles. The Morgan fingerprint density at radius 2 is 2.12 bits per heavy atom. The second kappa shape index (κ2) is 13.7. The van der Waals surface area contributed by atoms with Crippen molar-refractivity contribution in [1.29, 1.82) is 0 Å². The maximum absolute atomic E-state index is 5.94. The fourth-order valence-electron chi connectivity index (χ4n) is 2.85. The Balaban J connectivity index is 0.00000338. The van der Waals surface area contributed by atoms with Gasteiger partial charge in [-0.05, 0) is 32.6 Å². The van der Waals surface area contributed by atoms with Crippen molar-refractivity contribution in [2.75, 3.05) is 40.0 Å². The molecule has 8 heteroatoms. The molecule has 2 rings (SSSR count). The van der Waals surface area contributed by atoms with Crippen molar-refractivity contribution in [3.63, 3.8) is 0 Å². The molecular weight excluding hydrogens is 463 g/mol. The van der Waals surface area contributed by atoms with E-state index in [9.17, 15) is 0 Å². The van der Waals surface area contributed by atoms with Crippen LogP contribution in [0.4, 0.5) is 0 Å². The summed E-state index contributed by atoms with van der Waals surface area (Å²) in [6.07, 6.45) is 4.42. The second-order valence-electron chi connectivity index (χ2n) is 6.16. The van der Waals surface area contributed by atoms with Gasteiger partial charge in [-0.2, -0.15) is 0 Å². The van der Waals surface area contributed by atoms with Crippen LogP contribution in [0.2, 0.25) is 0 Å². The van der Waals surface area contributed by atoms with Gasteiger partial charge in [0, 0.05) is 45.3 Å². The molecule has 0 aromatic carbocycles. The summed E-state index contributed by atoms with van der Waals surface area (Å²) in [6, 6.07) is 0. The van der Waals surface area contributed by atoms with Crippen LogP contribution in [0.1, 0.15) is 43.8 Å². The molecule has 26 heavy (non-hydrogen) atoms. The number of methoxy groups -OCH3 is 1. The van der Waals surface area contributed by atoms with Crippen LogP contribution in [0.25, 0.3) is 0 Å². The van der Waals surface area contributed by atoms with E-state index in [0.29, 0.717) is 12.6 Å². The molecule has 1 aliphatic heterocycles. The Morgan fingerprint density at radius 3 is 2.73 bits per heavy atom. The molecule has 1 aromatic rings. The van der Waals surface area contributed by atoms with Crippen LogP contribution in [0.5, 0.6) is 0 Å². The number of nitrogens with zero attached hydrogens (tertiary/aromatic N) is 3. The van der Waals surface area contributed by atoms with E-state index < -0.39 is 0 Å². The number of hydrogen-bond donors (Lipinski definition) is 1. The SMILES string of the molecule is CCNC(=NCc1csc(CC)n1)N1CCC(OCCCOC)CC1.I. The van der Waals surface area contributed by atoms with Crippen molar-refractivity contribution in [2.24, 2.45) is 4.99 Å². The summed E-state index contributed by atoms with van der Waals surface area (Å²) in [6.45, 7) is 9.30. The number of rotatable bonds is 9. The van der Waals surface area contributed by atoms with Gasteiger partial charge < -0.3 is 19.7 Å². The Kier molecular flexibility index (Phi) is 12.4. The zero-order valence-electron chi connectivity index (χ0n) is 16.2. The standard InChI is InChI=1S/C18H32N4O2S.HI/c1-4-17-21-15(14-25-17)13-20-18(19-5-2)22-9-7-16(8-10-22)24-12-6-11-23-3;/h14,16H,4-13H2,1-3H3,(H,19,20);1H. The van der Waals surface area contributed by atoms with E-state index in [1.54, 1.807) is 18.4 Å². The van der Waals surface area contributed by atoms with Crippen LogP contribution in [0.15, 0.2) is 10.4 Å². The van der Waals surface area contributed by atoms with Gasteiger partial charge in [-0.15, -0.1) is 35.3 Å². The minimum atomic E-state index is 0. The highest BCUT2D eigenvalue weighted by atomic mass is 127. The predicted octanol–water partition coefficient (Wildman–Crippen LogP) is 3.31. The summed E-state index contributed by atoms with van der Waals surface area (Å²) in [4.78, 5) is 11.7. The molecule has 0 saturated carbocycles. The zero-order chi connectivity index (χ0) is 17.9. The normalized spacial score (nSPS) is 15.8. The second-order valence-corrected chi connectivity index (χ2v) is 7.10. The maximum Gasteiger partial charge on any atom is 0.194 e. The number of hydrogen-bond acceptors (Lipinski definition) is 5. The molecular formula is C18H33IN4O2S. The highest BCUT2D eigenvalue weighted by Gasteiger charge is 2.21. The fraction of sp³-hybridized carbons (Fsp3) is 0.778. The molecule has 0 unspecified atom stereocenters. The average molecular weight is 496 g/mol. The van der Waals surface area contributed by atoms with Crippen LogP contribution in [0.3, 0.4) is 0 Å². The van der Waals surface area contributed by atoms with Gasteiger partial charge in [0.25, 0.3) is 0 Å². The first-order valence-electron chi connectivity index (χ1n) is 9.33. The van der Waals surface area contributed by atoms with Crippen molar-refractivity contribution in [3.05, 3.63) is 16.1 Å². The molecule has 1 N–H and O–H groups in total. The van der Waals surface area contributed by atoms with Crippen molar-refractivity contribution in [3.8, 4) is 0 Å². The monoisotopic (exact) mass is 496 g/mol. The van der Waals surface area contributed by atoms with Crippen LogP contribution >= 0.6 is 35.3 Å². The lowest BCUT2D eigenvalue weighted by molar-refractivity contribution is 0.00990. The third kappa shape index (κ3) is 8.06. The van der Waals surface area contributed by atoms with Crippen molar-refractivity contribution >= 4 is 41.3 Å². The van der Waals surface area contributed by atoms with Crippen molar-refractivity contribution < 1.29 is 9.47 Å². The van der Waals surface area contributed by atoms with E-state index in [0.717, 1.165) is 70.2 Å². The number of aromatic nitrogens is 1. The van der Waals surface area contributed by atoms with Crippen LogP contribution in [-0.4, -0.2) is 61.9 Å². The summed E-state index contributed by atoms with van der Waals surface area (Å²) in [5, 5.41) is 6.71. The van der Waals surface area contributed by atoms with Gasteiger partial charge in [0.1, 0.15) is 0 Å². The Morgan fingerprint density at radius 1 is 1.35 bits per heavy atom. The van der Waals surface area contributed by atoms with E-state index in [1.807, 2.05) is 0 Å². The average Bonchev–Trinajstić information content (AvgIpc) is 3.11. The molecule has 1 aromatic heterocycles. The number of thiazole rings is 1. The van der Waals surface area contributed by atoms with Gasteiger partial charge >= 0.3 is 0 Å². The predicted molar refractivity (Wildman–Crippen MR) is 119 cm³/mol. The number of likely N-dealkylation sites (tertiary alicyclic amines) is 1. The first-order valence-corrected chi connectivity index (χ1v) is 10.2. The summed E-state index contributed by atoms with van der Waals surface area (Å²) in [5.41, 5.74) is 1.06. The third-order valence-electron chi connectivity index (χ3n) is 4.22. The number of aryl methyl sites for hydroxylation is 1. The Hall–Kier alpha value is -0.450. The highest BCUT2D eigenvalue weighted by Crippen LogP contribution is 2.15. The summed E-state index contributed by atoms with van der Waals surface area (Å²) in [5.74, 6) is 0.992. The minimum absolute atomic E-state index is 0. The van der Waals surface area contributed by atoms with Crippen molar-refractivity contribution in [2.45, 2.75) is 52.2 Å². The van der Waals surface area contributed by atoms with E-state index in [4.69, 9.17) is 14.5 Å². The highest BCUT2D eigenvalue weighted by molar-refractivity contribution is 14.0. The van der Waals surface area contributed by atoms with Crippen LogP contribution < -0.4 is 5.32 Å². The van der Waals surface area contributed by atoms with Gasteiger partial charge in [0.15, 0.2) is 5.96 Å². The Bertz CT molecular complexity index is 519. The lowest BCUT2D eigenvalue weighted by atomic mass is 10.1. The summed E-state index contributed by atoms with van der Waals surface area (Å²) < 4.78 is 11.0. The molecule has 0 atom stereocenters. The molecule has 1 fully saturated rings. The van der Waals surface area contributed by atoms with Gasteiger partial charge in [-0.25, -0.2) is 9.98 Å². The molecule has 1 saturated heterocycles. The number of halogens is 1. The number of nitrogens with one attached hydrogen (secondary N) is 1. The lowest BCUT2D eigenvalue weighted by Gasteiger charge is -2.34. The smallest absolute Gasteiger partial charge is 0.194 e. The lowest BCUT2D eigenvalue weighted by Crippen LogP contribution is -2.47. The minimum Gasteiger partial charge on any atom is -0.385 e. The molecule has 0 spiro atoms.